The van der Waals surface area contributed by atoms with E-state index in [-0.39, 0.29) is 17.8 Å². The monoisotopic (exact) mass is 210 g/mol. The summed E-state index contributed by atoms with van der Waals surface area (Å²) in [7, 11) is 0. The lowest BCUT2D eigenvalue weighted by atomic mass is 9.98. The summed E-state index contributed by atoms with van der Waals surface area (Å²) in [6.07, 6.45) is 2.73. The first kappa shape index (κ1) is 12.1. The third-order valence-electron chi connectivity index (χ3n) is 2.68. The fourth-order valence-corrected chi connectivity index (χ4v) is 1.52. The van der Waals surface area contributed by atoms with Crippen molar-refractivity contribution in [2.75, 3.05) is 6.54 Å². The molecule has 1 rings (SSSR count). The minimum absolute atomic E-state index is 0.0951. The molecule has 0 aliphatic rings. The SMILES string of the molecule is CCCNC(C)C(C)c1ncccc1F. The molecule has 2 nitrogen and oxygen atoms in total. The number of hydrogen-bond acceptors (Lipinski definition) is 2. The number of aromatic nitrogens is 1. The van der Waals surface area contributed by atoms with E-state index < -0.39 is 0 Å². The molecule has 0 saturated carbocycles. The smallest absolute Gasteiger partial charge is 0.145 e. The highest BCUT2D eigenvalue weighted by atomic mass is 19.1. The molecule has 84 valence electrons. The molecular formula is C12H19FN2. The molecule has 0 amide bonds. The van der Waals surface area contributed by atoms with Crippen LogP contribution in [-0.2, 0) is 0 Å². The maximum absolute atomic E-state index is 13.4. The highest BCUT2D eigenvalue weighted by Crippen LogP contribution is 2.19. The molecule has 15 heavy (non-hydrogen) atoms. The number of hydrogen-bond donors (Lipinski definition) is 1. The lowest BCUT2D eigenvalue weighted by Crippen LogP contribution is -2.32. The molecule has 0 aliphatic carbocycles. The van der Waals surface area contributed by atoms with Gasteiger partial charge in [0.2, 0.25) is 0 Å². The molecule has 1 aromatic rings. The summed E-state index contributed by atoms with van der Waals surface area (Å²) in [4.78, 5) is 4.09. The van der Waals surface area contributed by atoms with Crippen molar-refractivity contribution in [3.63, 3.8) is 0 Å². The lowest BCUT2D eigenvalue weighted by Gasteiger charge is -2.20. The van der Waals surface area contributed by atoms with Gasteiger partial charge >= 0.3 is 0 Å². The summed E-state index contributed by atoms with van der Waals surface area (Å²) in [5.41, 5.74) is 0.550. The highest BCUT2D eigenvalue weighted by molar-refractivity contribution is 5.13. The van der Waals surface area contributed by atoms with Crippen molar-refractivity contribution in [2.24, 2.45) is 0 Å². The van der Waals surface area contributed by atoms with Gasteiger partial charge in [-0.15, -0.1) is 0 Å². The quantitative estimate of drug-likeness (QED) is 0.808. The first-order valence-corrected chi connectivity index (χ1v) is 5.50. The predicted octanol–water partition coefficient (Wildman–Crippen LogP) is 2.71. The Labute approximate surface area is 90.9 Å². The lowest BCUT2D eigenvalue weighted by molar-refractivity contribution is 0.456. The molecule has 2 unspecified atom stereocenters. The largest absolute Gasteiger partial charge is 0.314 e. The van der Waals surface area contributed by atoms with Crippen LogP contribution in [0.1, 0.15) is 38.8 Å². The van der Waals surface area contributed by atoms with Gasteiger partial charge in [-0.25, -0.2) is 4.39 Å². The van der Waals surface area contributed by atoms with Crippen LogP contribution in [0.25, 0.3) is 0 Å². The molecule has 1 heterocycles. The standard InChI is InChI=1S/C12H19FN2/c1-4-7-14-10(3)9(2)12-11(13)6-5-8-15-12/h5-6,8-10,14H,4,7H2,1-3H3. The summed E-state index contributed by atoms with van der Waals surface area (Å²) < 4.78 is 13.4. The van der Waals surface area contributed by atoms with Gasteiger partial charge in [0.25, 0.3) is 0 Å². The van der Waals surface area contributed by atoms with E-state index in [9.17, 15) is 4.39 Å². The van der Waals surface area contributed by atoms with Gasteiger partial charge in [0.05, 0.1) is 5.69 Å². The molecule has 1 N–H and O–H groups in total. The molecule has 1 aromatic heterocycles. The van der Waals surface area contributed by atoms with Crippen LogP contribution in [0, 0.1) is 5.82 Å². The Morgan fingerprint density at radius 3 is 2.80 bits per heavy atom. The van der Waals surface area contributed by atoms with Crippen LogP contribution in [0.5, 0.6) is 0 Å². The van der Waals surface area contributed by atoms with Crippen molar-refractivity contribution in [3.05, 3.63) is 29.8 Å². The molecular weight excluding hydrogens is 191 g/mol. The van der Waals surface area contributed by atoms with E-state index in [0.717, 1.165) is 13.0 Å². The third-order valence-corrected chi connectivity index (χ3v) is 2.68. The highest BCUT2D eigenvalue weighted by Gasteiger charge is 2.17. The second kappa shape index (κ2) is 5.81. The van der Waals surface area contributed by atoms with Crippen molar-refractivity contribution in [3.8, 4) is 0 Å². The van der Waals surface area contributed by atoms with Crippen molar-refractivity contribution in [1.82, 2.24) is 10.3 Å². The van der Waals surface area contributed by atoms with Gasteiger partial charge in [0.15, 0.2) is 0 Å². The maximum Gasteiger partial charge on any atom is 0.145 e. The summed E-state index contributed by atoms with van der Waals surface area (Å²) >= 11 is 0. The Kier molecular flexibility index (Phi) is 4.69. The predicted molar refractivity (Wildman–Crippen MR) is 60.4 cm³/mol. The average molecular weight is 210 g/mol. The van der Waals surface area contributed by atoms with E-state index in [1.807, 2.05) is 6.92 Å². The van der Waals surface area contributed by atoms with Crippen LogP contribution in [0.4, 0.5) is 4.39 Å². The Bertz CT molecular complexity index is 301. The Balaban J connectivity index is 2.67. The molecule has 2 atom stereocenters. The van der Waals surface area contributed by atoms with Crippen LogP contribution in [0.2, 0.25) is 0 Å². The summed E-state index contributed by atoms with van der Waals surface area (Å²) in [6, 6.07) is 3.33. The number of nitrogens with one attached hydrogen (secondary N) is 1. The normalized spacial score (nSPS) is 14.9. The van der Waals surface area contributed by atoms with Gasteiger partial charge in [0.1, 0.15) is 5.82 Å². The molecule has 3 heteroatoms. The minimum atomic E-state index is -0.213. The number of pyridine rings is 1. The fraction of sp³-hybridized carbons (Fsp3) is 0.583. The summed E-state index contributed by atoms with van der Waals surface area (Å²) in [5.74, 6) is -0.118. The Hall–Kier alpha value is -0.960. The van der Waals surface area contributed by atoms with E-state index in [1.54, 1.807) is 12.3 Å². The molecule has 0 aliphatic heterocycles. The van der Waals surface area contributed by atoms with E-state index in [0.29, 0.717) is 5.69 Å². The van der Waals surface area contributed by atoms with Crippen LogP contribution in [-0.4, -0.2) is 17.6 Å². The minimum Gasteiger partial charge on any atom is -0.314 e. The van der Waals surface area contributed by atoms with Crippen LogP contribution >= 0.6 is 0 Å². The zero-order valence-electron chi connectivity index (χ0n) is 9.63. The van der Waals surface area contributed by atoms with Gasteiger partial charge in [-0.05, 0) is 32.0 Å². The summed E-state index contributed by atoms with van der Waals surface area (Å²) in [6.45, 7) is 7.14. The molecule has 0 radical (unpaired) electrons. The molecule has 0 spiro atoms. The Morgan fingerprint density at radius 2 is 2.20 bits per heavy atom. The van der Waals surface area contributed by atoms with Crippen molar-refractivity contribution in [1.29, 1.82) is 0 Å². The second-order valence-corrected chi connectivity index (χ2v) is 3.90. The van der Waals surface area contributed by atoms with Gasteiger partial charge < -0.3 is 5.32 Å². The zero-order valence-corrected chi connectivity index (χ0v) is 9.63. The van der Waals surface area contributed by atoms with Gasteiger partial charge in [-0.1, -0.05) is 13.8 Å². The van der Waals surface area contributed by atoms with E-state index in [1.165, 1.54) is 6.07 Å². The third kappa shape index (κ3) is 3.27. The van der Waals surface area contributed by atoms with Gasteiger partial charge in [0, 0.05) is 18.2 Å². The van der Waals surface area contributed by atoms with Gasteiger partial charge in [-0.3, -0.25) is 4.98 Å². The van der Waals surface area contributed by atoms with Crippen LogP contribution in [0.15, 0.2) is 18.3 Å². The summed E-state index contributed by atoms with van der Waals surface area (Å²) in [5, 5.41) is 3.35. The second-order valence-electron chi connectivity index (χ2n) is 3.90. The van der Waals surface area contributed by atoms with Crippen LogP contribution < -0.4 is 5.32 Å². The Morgan fingerprint density at radius 1 is 1.47 bits per heavy atom. The zero-order chi connectivity index (χ0) is 11.3. The molecule has 0 fully saturated rings. The van der Waals surface area contributed by atoms with Crippen molar-refractivity contribution in [2.45, 2.75) is 39.2 Å². The van der Waals surface area contributed by atoms with E-state index >= 15 is 0 Å². The van der Waals surface area contributed by atoms with Crippen molar-refractivity contribution >= 4 is 0 Å². The topological polar surface area (TPSA) is 24.9 Å². The van der Waals surface area contributed by atoms with Crippen LogP contribution in [0.3, 0.4) is 0 Å². The van der Waals surface area contributed by atoms with E-state index in [2.05, 4.69) is 24.1 Å². The van der Waals surface area contributed by atoms with Gasteiger partial charge in [-0.2, -0.15) is 0 Å². The molecule has 0 saturated heterocycles. The first-order chi connectivity index (χ1) is 7.16. The fourth-order valence-electron chi connectivity index (χ4n) is 1.52. The maximum atomic E-state index is 13.4. The molecule has 0 aromatic carbocycles. The number of nitrogens with zero attached hydrogens (tertiary/aromatic N) is 1. The average Bonchev–Trinajstić information content (AvgIpc) is 2.25. The number of rotatable bonds is 5. The molecule has 0 bridgehead atoms. The number of halogens is 1. The van der Waals surface area contributed by atoms with E-state index in [4.69, 9.17) is 0 Å². The first-order valence-electron chi connectivity index (χ1n) is 5.50. The van der Waals surface area contributed by atoms with Crippen molar-refractivity contribution < 1.29 is 4.39 Å².